The number of carbonyl (C=O) groups excluding carboxylic acids is 5. The number of fused-ring (bicyclic) bond motifs is 5. The Morgan fingerprint density at radius 2 is 0.545 bits per heavy atom. The van der Waals surface area contributed by atoms with Crippen LogP contribution in [0.4, 0.5) is 33.5 Å². The van der Waals surface area contributed by atoms with Gasteiger partial charge in [0, 0.05) is 180 Å². The van der Waals surface area contributed by atoms with E-state index in [-0.39, 0.29) is 85.5 Å². The van der Waals surface area contributed by atoms with Gasteiger partial charge in [-0.05, 0) is 172 Å². The van der Waals surface area contributed by atoms with Crippen LogP contribution in [0.3, 0.4) is 0 Å². The highest BCUT2D eigenvalue weighted by molar-refractivity contribution is 6.05. The third kappa shape index (κ3) is 15.6. The van der Waals surface area contributed by atoms with E-state index in [2.05, 4.69) is 228 Å². The topological polar surface area (TPSA) is 298 Å². The molecule has 0 radical (unpaired) electrons. The molecule has 21 nitrogen and oxygen atoms in total. The zero-order valence-electron chi connectivity index (χ0n) is 73.1. The first-order chi connectivity index (χ1) is 57.4. The Morgan fingerprint density at radius 3 is 0.810 bits per heavy atom. The van der Waals surface area contributed by atoms with Crippen molar-refractivity contribution in [1.29, 1.82) is 0 Å². The van der Waals surface area contributed by atoms with Crippen molar-refractivity contribution in [3.05, 3.63) is 284 Å². The Labute approximate surface area is 707 Å². The summed E-state index contributed by atoms with van der Waals surface area (Å²) < 4.78 is 20.0. The number of hydrogen-bond acceptors (Lipinski definition) is 16. The standard InChI is InChI=1S/C20H23N3O2.3C20H23N3O.C19H20FN3O/c1-11-16-17(12-6-5-7-13(8-12)25-4)18-14(21-19(16)23-22-11)9-20(2,3)10-15(18)24;3*1-11-7-5-6-8-13(11)17-16-12(2)22-23-19(16)21-14-9-20(3,4)10-15(24)18(14)17;1-10-15-16(11-6-4-5-7-12(11)20)17-13(21-18(15)23-22-10)8-19(2,3)9-14(17)24/h5-8,17H,9-10H2,1-4H3,(H2,21,22,23);3*5-8,17H,9-10H2,1-4H3,(H2,21,22,23);4-7,16H,8-9H2,1-3H3,(H2,21,22,23)/t;2*17-;;/m.10../s1. The Bertz CT molecular complexity index is 5510. The number of nitrogens with zero attached hydrogens (tertiary/aromatic N) is 5. The summed E-state index contributed by atoms with van der Waals surface area (Å²) in [5.74, 6) is 5.12. The summed E-state index contributed by atoms with van der Waals surface area (Å²) in [5.41, 5.74) is 28.2. The van der Waals surface area contributed by atoms with E-state index in [0.29, 0.717) is 49.1 Å². The molecule has 0 bridgehead atoms. The zero-order chi connectivity index (χ0) is 86.0. The molecule has 5 atom stereocenters. The molecule has 10 heterocycles. The van der Waals surface area contributed by atoms with Crippen LogP contribution in [0.15, 0.2) is 178 Å². The van der Waals surface area contributed by atoms with Gasteiger partial charge >= 0.3 is 0 Å². The molecule has 10 N–H and O–H groups in total. The molecule has 0 amide bonds. The summed E-state index contributed by atoms with van der Waals surface area (Å²) in [7, 11) is 1.66. The Kier molecular flexibility index (Phi) is 21.3. The molecule has 5 aromatic heterocycles. The van der Waals surface area contributed by atoms with Gasteiger partial charge in [-0.25, -0.2) is 4.39 Å². The number of aromatic amines is 5. The van der Waals surface area contributed by atoms with Gasteiger partial charge in [-0.3, -0.25) is 49.5 Å². The molecule has 10 aromatic rings. The number of H-pyrrole nitrogens is 5. The van der Waals surface area contributed by atoms with E-state index < -0.39 is 5.92 Å². The number of ether oxygens (including phenoxy) is 1. The minimum Gasteiger partial charge on any atom is -0.497 e. The van der Waals surface area contributed by atoms with Crippen LogP contribution < -0.4 is 31.3 Å². The number of allylic oxidation sites excluding steroid dienone is 10. The highest BCUT2D eigenvalue weighted by Gasteiger charge is 2.49. The Morgan fingerprint density at radius 1 is 0.306 bits per heavy atom. The molecular formula is C99H112FN15O6. The number of methoxy groups -OCH3 is 1. The van der Waals surface area contributed by atoms with Crippen molar-refractivity contribution < 1.29 is 33.1 Å². The number of benzene rings is 5. The number of ketones is 5. The molecule has 0 fully saturated rings. The lowest BCUT2D eigenvalue weighted by Crippen LogP contribution is -2.34. The van der Waals surface area contributed by atoms with Gasteiger partial charge in [0.25, 0.3) is 0 Å². The molecule has 22 heteroatoms. The third-order valence-corrected chi connectivity index (χ3v) is 25.9. The van der Waals surface area contributed by atoms with Crippen molar-refractivity contribution in [2.24, 2.45) is 27.1 Å². The van der Waals surface area contributed by atoms with Gasteiger partial charge in [0.1, 0.15) is 11.6 Å². The van der Waals surface area contributed by atoms with E-state index in [1.165, 1.54) is 39.4 Å². The highest BCUT2D eigenvalue weighted by Crippen LogP contribution is 2.56. The second-order valence-corrected chi connectivity index (χ2v) is 38.9. The molecule has 121 heavy (non-hydrogen) atoms. The fraction of sp³-hybridized carbons (Fsp3) is 0.394. The number of rotatable bonds is 6. The average molecular weight is 1630 g/mol. The van der Waals surface area contributed by atoms with Crippen LogP contribution in [0.5, 0.6) is 5.75 Å². The number of anilines is 5. The normalized spacial score (nSPS) is 21.9. The van der Waals surface area contributed by atoms with Crippen LogP contribution >= 0.6 is 0 Å². The van der Waals surface area contributed by atoms with Gasteiger partial charge in [0.15, 0.2) is 58.0 Å². The first-order valence-electron chi connectivity index (χ1n) is 42.3. The van der Waals surface area contributed by atoms with Crippen molar-refractivity contribution >= 4 is 58.0 Å². The molecule has 10 aliphatic rings. The molecule has 20 rings (SSSR count). The summed E-state index contributed by atoms with van der Waals surface area (Å²) in [5, 5.41) is 54.5. The van der Waals surface area contributed by atoms with E-state index in [0.717, 1.165) is 174 Å². The minimum atomic E-state index is -0.403. The van der Waals surface area contributed by atoms with Crippen molar-refractivity contribution in [2.75, 3.05) is 33.7 Å². The number of halogens is 1. The lowest BCUT2D eigenvalue weighted by Gasteiger charge is -2.38. The van der Waals surface area contributed by atoms with E-state index in [4.69, 9.17) is 4.74 Å². The number of carbonyl (C=O) groups is 5. The van der Waals surface area contributed by atoms with E-state index in [9.17, 15) is 28.4 Å². The van der Waals surface area contributed by atoms with Gasteiger partial charge < -0.3 is 31.3 Å². The predicted molar refractivity (Wildman–Crippen MR) is 472 cm³/mol. The lowest BCUT2D eigenvalue weighted by atomic mass is 9.68. The fourth-order valence-electron chi connectivity index (χ4n) is 20.6. The fourth-order valence-corrected chi connectivity index (χ4v) is 20.6. The number of aryl methyl sites for hydroxylation is 8. The van der Waals surface area contributed by atoms with Crippen molar-refractivity contribution in [1.82, 2.24) is 51.0 Å². The van der Waals surface area contributed by atoms with Gasteiger partial charge in [-0.1, -0.05) is 172 Å². The largest absolute Gasteiger partial charge is 0.497 e. The Hall–Kier alpha value is -12.1. The molecule has 0 spiro atoms. The van der Waals surface area contributed by atoms with Crippen molar-refractivity contribution in [2.45, 2.75) is 218 Å². The van der Waals surface area contributed by atoms with Crippen LogP contribution in [0.1, 0.15) is 264 Å². The molecule has 0 saturated heterocycles. The molecule has 0 saturated carbocycles. The van der Waals surface area contributed by atoms with Gasteiger partial charge in [0.2, 0.25) is 0 Å². The summed E-state index contributed by atoms with van der Waals surface area (Å²) in [4.78, 5) is 65.2. The molecular weight excluding hydrogens is 1510 g/mol. The average Bonchev–Trinajstić information content (AvgIpc) is 1.73. The first kappa shape index (κ1) is 82.6. The molecule has 5 aliphatic carbocycles. The predicted octanol–water partition coefficient (Wildman–Crippen LogP) is 20.7. The van der Waals surface area contributed by atoms with Crippen LogP contribution in [0.25, 0.3) is 0 Å². The maximum Gasteiger partial charge on any atom is 0.162 e. The Balaban J connectivity index is 0.000000112. The quantitative estimate of drug-likeness (QED) is 0.0740. The monoisotopic (exact) mass is 1630 g/mol. The number of Topliss-reactive ketones (excluding diaryl/α,β-unsaturated/α-hetero) is 5. The van der Waals surface area contributed by atoms with Crippen LogP contribution in [-0.2, 0) is 24.0 Å². The van der Waals surface area contributed by atoms with Gasteiger partial charge in [-0.15, -0.1) is 0 Å². The van der Waals surface area contributed by atoms with E-state index in [1.54, 1.807) is 19.2 Å². The maximum atomic E-state index is 14.6. The SMILES string of the molecule is COc1cccc(C2C3=C(CC(C)(C)CC3=O)Nc3n[nH]c(C)c32)c1.Cc1[nH]nc2c1C(c1ccccc1F)C1=C(CC(C)(C)CC1=O)N2.Cc1ccccc1C1C2=C(CC(C)(C)CC2=O)Nc2n[nH]c(C)c21.Cc1ccccc1[C@@H]1C2=C(CC(C)(C)CC2=O)Nc2n[nH]c(C)c21.Cc1ccccc1[C@H]1C2=C(CC(C)(C)CC2=O)Nc2n[nH]c(C)c21. The smallest absolute Gasteiger partial charge is 0.162 e. The summed E-state index contributed by atoms with van der Waals surface area (Å²) in [6.45, 7) is 37.7. The molecule has 5 aliphatic heterocycles. The van der Waals surface area contributed by atoms with Crippen LogP contribution in [-0.4, -0.2) is 87.0 Å². The number of nitrogens with one attached hydrogen (secondary N) is 10. The van der Waals surface area contributed by atoms with Crippen molar-refractivity contribution in [3.63, 3.8) is 0 Å². The summed E-state index contributed by atoms with van der Waals surface area (Å²) in [6.07, 6.45) is 7.08. The lowest BCUT2D eigenvalue weighted by molar-refractivity contribution is -0.119. The number of aromatic nitrogens is 10. The second kappa shape index (κ2) is 31.2. The highest BCUT2D eigenvalue weighted by atomic mass is 19.1. The molecule has 626 valence electrons. The summed E-state index contributed by atoms with van der Waals surface area (Å²) >= 11 is 0. The summed E-state index contributed by atoms with van der Waals surface area (Å²) in [6, 6.07) is 39.7. The van der Waals surface area contributed by atoms with Crippen LogP contribution in [0, 0.1) is 88.3 Å². The second-order valence-electron chi connectivity index (χ2n) is 38.9. The third-order valence-electron chi connectivity index (χ3n) is 25.9. The van der Waals surface area contributed by atoms with Crippen molar-refractivity contribution in [3.8, 4) is 5.75 Å². The first-order valence-corrected chi connectivity index (χ1v) is 42.3. The minimum absolute atomic E-state index is 0.0119. The van der Waals surface area contributed by atoms with Gasteiger partial charge in [0.05, 0.1) is 7.11 Å². The number of hydrogen-bond donors (Lipinski definition) is 10. The zero-order valence-corrected chi connectivity index (χ0v) is 73.1. The van der Waals surface area contributed by atoms with E-state index in [1.807, 2.05) is 77.1 Å². The van der Waals surface area contributed by atoms with Crippen LogP contribution in [0.2, 0.25) is 0 Å². The van der Waals surface area contributed by atoms with E-state index >= 15 is 0 Å². The molecule has 3 unspecified atom stereocenters. The molecule has 5 aromatic carbocycles. The van der Waals surface area contributed by atoms with Gasteiger partial charge in [-0.2, -0.15) is 25.5 Å². The maximum absolute atomic E-state index is 14.6.